The van der Waals surface area contributed by atoms with Crippen LogP contribution in [0.2, 0.25) is 0 Å². The van der Waals surface area contributed by atoms with Crippen molar-refractivity contribution in [1.82, 2.24) is 0 Å². The molecule has 3 N–H and O–H groups in total. The number of rotatable bonds is 14. The van der Waals surface area contributed by atoms with Crippen LogP contribution in [0.15, 0.2) is 0 Å². The number of hydrogen-bond acceptors (Lipinski definition) is 5. The lowest BCUT2D eigenvalue weighted by atomic mass is 9.97. The maximum Gasteiger partial charge on any atom is 0.340 e. The number of carboxylic acids is 1. The van der Waals surface area contributed by atoms with E-state index in [2.05, 4.69) is 6.92 Å². The fourth-order valence-corrected chi connectivity index (χ4v) is 2.97. The van der Waals surface area contributed by atoms with Crippen LogP contribution in [0.5, 0.6) is 23.0 Å². The zero-order valence-electron chi connectivity index (χ0n) is 16.8. The molecule has 27 heavy (non-hydrogen) atoms. The molecular weight excluding hydrogens is 348 g/mol. The molecule has 0 atom stereocenters. The summed E-state index contributed by atoms with van der Waals surface area (Å²) in [6.07, 6.45) is 8.25. The largest absolute Gasteiger partial charge is 0.504 e. The Morgan fingerprint density at radius 3 is 1.89 bits per heavy atom. The van der Waals surface area contributed by atoms with Gasteiger partial charge in [0.1, 0.15) is 5.56 Å². The first kappa shape index (κ1) is 22.9. The van der Waals surface area contributed by atoms with Gasteiger partial charge >= 0.3 is 5.97 Å². The van der Waals surface area contributed by atoms with Gasteiger partial charge in [-0.25, -0.2) is 4.79 Å². The summed E-state index contributed by atoms with van der Waals surface area (Å²) in [6, 6.07) is 0. The number of hydrogen-bond donors (Lipinski definition) is 3. The molecule has 0 radical (unpaired) electrons. The number of aromatic hydroxyl groups is 2. The van der Waals surface area contributed by atoms with Crippen LogP contribution < -0.4 is 9.47 Å². The Morgan fingerprint density at radius 2 is 1.33 bits per heavy atom. The number of ether oxygens (including phenoxy) is 2. The van der Waals surface area contributed by atoms with E-state index >= 15 is 0 Å². The Bertz CT molecular complexity index is 597. The summed E-state index contributed by atoms with van der Waals surface area (Å²) in [5.41, 5.74) is 0.101. The molecule has 0 aliphatic rings. The lowest BCUT2D eigenvalue weighted by Gasteiger charge is -2.20. The van der Waals surface area contributed by atoms with Crippen LogP contribution in [0.4, 0.5) is 0 Å². The topological polar surface area (TPSA) is 96.2 Å². The maximum absolute atomic E-state index is 11.8. The highest BCUT2D eigenvalue weighted by Gasteiger charge is 2.29. The molecule has 6 nitrogen and oxygen atoms in total. The lowest BCUT2D eigenvalue weighted by Crippen LogP contribution is -2.10. The number of carboxylic acid groups (broad SMARTS) is 1. The molecule has 0 aliphatic heterocycles. The number of aromatic carboxylic acids is 1. The highest BCUT2D eigenvalue weighted by atomic mass is 16.5. The molecule has 1 aromatic rings. The second kappa shape index (κ2) is 12.3. The van der Waals surface area contributed by atoms with Crippen molar-refractivity contribution in [1.29, 1.82) is 0 Å². The van der Waals surface area contributed by atoms with E-state index in [1.807, 2.05) is 13.8 Å². The zero-order chi connectivity index (χ0) is 20.2. The smallest absolute Gasteiger partial charge is 0.340 e. The van der Waals surface area contributed by atoms with Crippen molar-refractivity contribution >= 4 is 5.97 Å². The van der Waals surface area contributed by atoms with Gasteiger partial charge in [0.25, 0.3) is 0 Å². The van der Waals surface area contributed by atoms with Gasteiger partial charge in [-0.2, -0.15) is 0 Å². The minimum Gasteiger partial charge on any atom is -0.504 e. The fourth-order valence-electron chi connectivity index (χ4n) is 2.97. The average Bonchev–Trinajstić information content (AvgIpc) is 2.64. The molecule has 154 valence electrons. The van der Waals surface area contributed by atoms with Gasteiger partial charge in [-0.05, 0) is 25.7 Å². The SMILES string of the molecule is CCCCCCCCc1c(OCCC)c(OCCC)c(O)c(O)c1C(=O)O. The van der Waals surface area contributed by atoms with Crippen LogP contribution in [0.1, 0.15) is 88.1 Å². The van der Waals surface area contributed by atoms with Crippen LogP contribution in [0.25, 0.3) is 0 Å². The summed E-state index contributed by atoms with van der Waals surface area (Å²) >= 11 is 0. The predicted octanol–water partition coefficient (Wildman–Crippen LogP) is 5.28. The summed E-state index contributed by atoms with van der Waals surface area (Å²) in [4.78, 5) is 11.8. The Labute approximate surface area is 162 Å². The number of carbonyl (C=O) groups is 1. The number of phenolic OH excluding ortho intramolecular Hbond substituents is 1. The summed E-state index contributed by atoms with van der Waals surface area (Å²) in [6.45, 7) is 6.73. The van der Waals surface area contributed by atoms with Crippen molar-refractivity contribution in [3.63, 3.8) is 0 Å². The quantitative estimate of drug-likeness (QED) is 0.299. The van der Waals surface area contributed by atoms with E-state index in [1.165, 1.54) is 12.8 Å². The summed E-state index contributed by atoms with van der Waals surface area (Å²) < 4.78 is 11.4. The van der Waals surface area contributed by atoms with E-state index in [0.29, 0.717) is 31.6 Å². The summed E-state index contributed by atoms with van der Waals surface area (Å²) in [5, 5.41) is 30.2. The molecule has 0 spiro atoms. The Hall–Kier alpha value is -2.11. The monoisotopic (exact) mass is 382 g/mol. The van der Waals surface area contributed by atoms with Gasteiger partial charge in [0.2, 0.25) is 11.5 Å². The summed E-state index contributed by atoms with van der Waals surface area (Å²) in [7, 11) is 0. The average molecular weight is 382 g/mol. The normalized spacial score (nSPS) is 10.8. The molecule has 1 rings (SSSR count). The van der Waals surface area contributed by atoms with E-state index in [-0.39, 0.29) is 17.1 Å². The standard InChI is InChI=1S/C21H34O6/c1-4-7-8-9-10-11-12-15-16(21(24)25)17(22)18(23)20(27-14-6-3)19(15)26-13-5-2/h22-23H,4-14H2,1-3H3,(H,24,25). The van der Waals surface area contributed by atoms with Crippen LogP contribution in [-0.4, -0.2) is 34.5 Å². The zero-order valence-corrected chi connectivity index (χ0v) is 16.8. The third-order valence-electron chi connectivity index (χ3n) is 4.35. The van der Waals surface area contributed by atoms with Gasteiger partial charge in [0, 0.05) is 5.56 Å². The second-order valence-electron chi connectivity index (χ2n) is 6.73. The number of unbranched alkanes of at least 4 members (excludes halogenated alkanes) is 5. The van der Waals surface area contributed by atoms with Crippen molar-refractivity contribution in [2.75, 3.05) is 13.2 Å². The van der Waals surface area contributed by atoms with Gasteiger partial charge in [0.05, 0.1) is 13.2 Å². The molecule has 0 fully saturated rings. The van der Waals surface area contributed by atoms with E-state index < -0.39 is 17.5 Å². The molecule has 0 saturated heterocycles. The number of benzene rings is 1. The second-order valence-corrected chi connectivity index (χ2v) is 6.73. The molecule has 1 aromatic carbocycles. The predicted molar refractivity (Wildman–Crippen MR) is 105 cm³/mol. The van der Waals surface area contributed by atoms with Crippen LogP contribution in [0.3, 0.4) is 0 Å². The van der Waals surface area contributed by atoms with Crippen molar-refractivity contribution < 1.29 is 29.6 Å². The maximum atomic E-state index is 11.8. The Balaban J connectivity index is 3.22. The van der Waals surface area contributed by atoms with Crippen molar-refractivity contribution in [3.8, 4) is 23.0 Å². The van der Waals surface area contributed by atoms with Crippen molar-refractivity contribution in [3.05, 3.63) is 11.1 Å². The highest BCUT2D eigenvalue weighted by Crippen LogP contribution is 2.49. The molecule has 0 bridgehead atoms. The minimum atomic E-state index is -1.29. The molecule has 6 heteroatoms. The molecule has 0 saturated carbocycles. The van der Waals surface area contributed by atoms with E-state index in [0.717, 1.165) is 32.1 Å². The van der Waals surface area contributed by atoms with Gasteiger partial charge in [-0.15, -0.1) is 0 Å². The molecule has 0 aromatic heterocycles. The Kier molecular flexibility index (Phi) is 10.5. The van der Waals surface area contributed by atoms with Crippen molar-refractivity contribution in [2.24, 2.45) is 0 Å². The highest BCUT2D eigenvalue weighted by molar-refractivity contribution is 5.96. The van der Waals surface area contributed by atoms with Crippen LogP contribution in [-0.2, 0) is 6.42 Å². The van der Waals surface area contributed by atoms with E-state index in [4.69, 9.17) is 9.47 Å². The first-order chi connectivity index (χ1) is 13.0. The first-order valence-corrected chi connectivity index (χ1v) is 10.1. The van der Waals surface area contributed by atoms with E-state index in [1.54, 1.807) is 0 Å². The third kappa shape index (κ3) is 6.52. The lowest BCUT2D eigenvalue weighted by molar-refractivity contribution is 0.0690. The van der Waals surface area contributed by atoms with Crippen LogP contribution in [0, 0.1) is 0 Å². The van der Waals surface area contributed by atoms with Crippen LogP contribution >= 0.6 is 0 Å². The molecule has 0 heterocycles. The first-order valence-electron chi connectivity index (χ1n) is 10.1. The number of phenols is 2. The van der Waals surface area contributed by atoms with E-state index in [9.17, 15) is 20.1 Å². The molecule has 0 amide bonds. The van der Waals surface area contributed by atoms with Gasteiger partial charge < -0.3 is 24.8 Å². The molecule has 0 aliphatic carbocycles. The Morgan fingerprint density at radius 1 is 0.778 bits per heavy atom. The fraction of sp³-hybridized carbons (Fsp3) is 0.667. The molecular formula is C21H34O6. The van der Waals surface area contributed by atoms with Crippen molar-refractivity contribution in [2.45, 2.75) is 78.6 Å². The molecule has 0 unspecified atom stereocenters. The van der Waals surface area contributed by atoms with Gasteiger partial charge in [-0.1, -0.05) is 52.9 Å². The third-order valence-corrected chi connectivity index (χ3v) is 4.35. The van der Waals surface area contributed by atoms with Gasteiger partial charge in [-0.3, -0.25) is 0 Å². The van der Waals surface area contributed by atoms with Gasteiger partial charge in [0.15, 0.2) is 11.5 Å². The minimum absolute atomic E-state index is 0.0359. The summed E-state index contributed by atoms with van der Waals surface area (Å²) in [5.74, 6) is -2.23.